The number of ketones is 1. The molecule has 0 unspecified atom stereocenters. The van der Waals surface area contributed by atoms with Crippen LogP contribution in [0.4, 0.5) is 10.5 Å². The third kappa shape index (κ3) is 5.10. The van der Waals surface area contributed by atoms with Gasteiger partial charge in [-0.15, -0.1) is 0 Å². The summed E-state index contributed by atoms with van der Waals surface area (Å²) in [5.74, 6) is 0.206. The molecule has 3 rings (SSSR count). The van der Waals surface area contributed by atoms with Crippen molar-refractivity contribution in [1.82, 2.24) is 24.4 Å². The second-order valence-corrected chi connectivity index (χ2v) is 8.04. The lowest BCUT2D eigenvalue weighted by Crippen LogP contribution is -2.47. The average Bonchev–Trinajstić information content (AvgIpc) is 3.32. The Morgan fingerprint density at radius 3 is 2.38 bits per heavy atom. The predicted molar refractivity (Wildman–Crippen MR) is 111 cm³/mol. The highest BCUT2D eigenvalue weighted by molar-refractivity contribution is 6.07. The van der Waals surface area contributed by atoms with Crippen LogP contribution in [-0.2, 0) is 13.6 Å². The van der Waals surface area contributed by atoms with Crippen LogP contribution < -0.4 is 10.6 Å². The number of amides is 2. The number of imidazole rings is 2. The standard InChI is InChI=1S/C21H26N6O2/c1-21(2,3)17(13-27-12-9-22-14-27)25-20(29)24-16-7-5-15(6-8-16)18(28)19-23-10-11-26(19)4/h5-12,14,17H,13H2,1-4H3,(H2,24,25,29)/t17-/m1/s1. The lowest BCUT2D eigenvalue weighted by molar-refractivity contribution is 0.102. The Bertz CT molecular complexity index is 968. The van der Waals surface area contributed by atoms with Crippen LogP contribution in [0.2, 0.25) is 0 Å². The van der Waals surface area contributed by atoms with Crippen molar-refractivity contribution < 1.29 is 9.59 Å². The molecule has 8 nitrogen and oxygen atoms in total. The smallest absolute Gasteiger partial charge is 0.319 e. The molecule has 0 saturated carbocycles. The molecule has 152 valence electrons. The SMILES string of the molecule is Cn1ccnc1C(=O)c1ccc(NC(=O)N[C@H](Cn2ccnc2)C(C)(C)C)cc1. The van der Waals surface area contributed by atoms with Crippen LogP contribution in [0, 0.1) is 5.41 Å². The van der Waals surface area contributed by atoms with Crippen molar-refractivity contribution in [1.29, 1.82) is 0 Å². The summed E-state index contributed by atoms with van der Waals surface area (Å²) in [6.07, 6.45) is 8.63. The number of nitrogens with zero attached hydrogens (tertiary/aromatic N) is 4. The van der Waals surface area contributed by atoms with E-state index in [1.54, 1.807) is 60.8 Å². The number of anilines is 1. The molecule has 0 fully saturated rings. The molecule has 1 atom stereocenters. The highest BCUT2D eigenvalue weighted by Gasteiger charge is 2.26. The summed E-state index contributed by atoms with van der Waals surface area (Å²) in [5, 5.41) is 5.86. The van der Waals surface area contributed by atoms with Crippen molar-refractivity contribution in [3.63, 3.8) is 0 Å². The zero-order valence-corrected chi connectivity index (χ0v) is 17.1. The van der Waals surface area contributed by atoms with E-state index in [1.807, 2.05) is 10.8 Å². The minimum absolute atomic E-state index is 0.0963. The number of aromatic nitrogens is 4. The minimum Gasteiger partial charge on any atom is -0.335 e. The molecular weight excluding hydrogens is 368 g/mol. The molecule has 2 heterocycles. The fraction of sp³-hybridized carbons (Fsp3) is 0.333. The van der Waals surface area contributed by atoms with Gasteiger partial charge in [-0.05, 0) is 29.7 Å². The summed E-state index contributed by atoms with van der Waals surface area (Å²) in [7, 11) is 1.77. The van der Waals surface area contributed by atoms with Gasteiger partial charge in [-0.3, -0.25) is 4.79 Å². The lowest BCUT2D eigenvalue weighted by Gasteiger charge is -2.31. The first-order valence-electron chi connectivity index (χ1n) is 9.39. The van der Waals surface area contributed by atoms with Gasteiger partial charge in [0.25, 0.3) is 0 Å². The molecule has 1 aromatic carbocycles. The van der Waals surface area contributed by atoms with E-state index in [0.717, 1.165) is 0 Å². The lowest BCUT2D eigenvalue weighted by atomic mass is 9.86. The van der Waals surface area contributed by atoms with E-state index in [0.29, 0.717) is 23.6 Å². The number of benzene rings is 1. The molecule has 0 aliphatic rings. The third-order valence-corrected chi connectivity index (χ3v) is 4.73. The van der Waals surface area contributed by atoms with Gasteiger partial charge in [-0.25, -0.2) is 14.8 Å². The third-order valence-electron chi connectivity index (χ3n) is 4.73. The van der Waals surface area contributed by atoms with Gasteiger partial charge in [0.2, 0.25) is 5.78 Å². The highest BCUT2D eigenvalue weighted by atomic mass is 16.2. The van der Waals surface area contributed by atoms with Crippen LogP contribution in [0.15, 0.2) is 55.4 Å². The van der Waals surface area contributed by atoms with Gasteiger partial charge in [0.1, 0.15) is 0 Å². The van der Waals surface area contributed by atoms with E-state index in [9.17, 15) is 9.59 Å². The number of carbonyl (C=O) groups is 2. The Morgan fingerprint density at radius 2 is 1.83 bits per heavy atom. The van der Waals surface area contributed by atoms with Gasteiger partial charge >= 0.3 is 6.03 Å². The average molecular weight is 394 g/mol. The number of hydrogen-bond acceptors (Lipinski definition) is 4. The minimum atomic E-state index is -0.298. The first-order valence-corrected chi connectivity index (χ1v) is 9.39. The van der Waals surface area contributed by atoms with Crippen LogP contribution in [-0.4, -0.2) is 37.0 Å². The van der Waals surface area contributed by atoms with E-state index >= 15 is 0 Å². The van der Waals surface area contributed by atoms with Crippen molar-refractivity contribution in [3.8, 4) is 0 Å². The van der Waals surface area contributed by atoms with Crippen molar-refractivity contribution in [2.45, 2.75) is 33.4 Å². The molecule has 0 bridgehead atoms. The van der Waals surface area contributed by atoms with Crippen LogP contribution in [0.1, 0.15) is 37.0 Å². The largest absolute Gasteiger partial charge is 0.335 e. The summed E-state index contributed by atoms with van der Waals surface area (Å²) in [6.45, 7) is 6.85. The van der Waals surface area contributed by atoms with E-state index in [4.69, 9.17) is 0 Å². The Hall–Kier alpha value is -3.42. The summed E-state index contributed by atoms with van der Waals surface area (Å²) >= 11 is 0. The van der Waals surface area contributed by atoms with Crippen LogP contribution >= 0.6 is 0 Å². The van der Waals surface area contributed by atoms with Gasteiger partial charge < -0.3 is 19.8 Å². The maximum Gasteiger partial charge on any atom is 0.319 e. The quantitative estimate of drug-likeness (QED) is 0.628. The van der Waals surface area contributed by atoms with Crippen LogP contribution in [0.25, 0.3) is 0 Å². The van der Waals surface area contributed by atoms with Crippen LogP contribution in [0.5, 0.6) is 0 Å². The van der Waals surface area contributed by atoms with E-state index in [1.165, 1.54) is 0 Å². The predicted octanol–water partition coefficient (Wildman–Crippen LogP) is 3.08. The first-order chi connectivity index (χ1) is 13.7. The van der Waals surface area contributed by atoms with Gasteiger partial charge in [-0.1, -0.05) is 20.8 Å². The number of rotatable bonds is 6. The second-order valence-electron chi connectivity index (χ2n) is 8.04. The molecular formula is C21H26N6O2. The van der Waals surface area contributed by atoms with Gasteiger partial charge in [0.15, 0.2) is 5.82 Å². The molecule has 2 N–H and O–H groups in total. The van der Waals surface area contributed by atoms with Gasteiger partial charge in [0, 0.05) is 49.6 Å². The summed E-state index contributed by atoms with van der Waals surface area (Å²) in [5.41, 5.74) is 0.979. The van der Waals surface area contributed by atoms with Gasteiger partial charge in [-0.2, -0.15) is 0 Å². The van der Waals surface area contributed by atoms with Gasteiger partial charge in [0.05, 0.1) is 12.4 Å². The normalized spacial score (nSPS) is 12.4. The number of nitrogens with one attached hydrogen (secondary N) is 2. The summed E-state index contributed by atoms with van der Waals surface area (Å²) in [4.78, 5) is 33.1. The number of urea groups is 1. The molecule has 0 radical (unpaired) electrons. The molecule has 29 heavy (non-hydrogen) atoms. The molecule has 2 aromatic heterocycles. The second kappa shape index (κ2) is 8.30. The molecule has 0 saturated heterocycles. The summed E-state index contributed by atoms with van der Waals surface area (Å²) < 4.78 is 3.61. The van der Waals surface area contributed by atoms with Crippen molar-refractivity contribution in [2.24, 2.45) is 12.5 Å². The molecule has 0 aliphatic heterocycles. The molecule has 3 aromatic rings. The molecule has 0 aliphatic carbocycles. The first kappa shape index (κ1) is 20.3. The molecule has 8 heteroatoms. The summed E-state index contributed by atoms with van der Waals surface area (Å²) in [6, 6.07) is 6.38. The van der Waals surface area contributed by atoms with Crippen molar-refractivity contribution in [2.75, 3.05) is 5.32 Å². The van der Waals surface area contributed by atoms with E-state index in [2.05, 4.69) is 41.4 Å². The number of carbonyl (C=O) groups excluding carboxylic acids is 2. The molecule has 2 amide bonds. The molecule has 0 spiro atoms. The van der Waals surface area contributed by atoms with Crippen molar-refractivity contribution >= 4 is 17.5 Å². The van der Waals surface area contributed by atoms with E-state index in [-0.39, 0.29) is 23.3 Å². The highest BCUT2D eigenvalue weighted by Crippen LogP contribution is 2.21. The maximum absolute atomic E-state index is 12.5. The Labute approximate surface area is 170 Å². The van der Waals surface area contributed by atoms with Crippen molar-refractivity contribution in [3.05, 3.63) is 66.8 Å². The Balaban J connectivity index is 1.63. The fourth-order valence-electron chi connectivity index (χ4n) is 2.89. The Morgan fingerprint density at radius 1 is 1.10 bits per heavy atom. The monoisotopic (exact) mass is 394 g/mol. The topological polar surface area (TPSA) is 93.8 Å². The Kier molecular flexibility index (Phi) is 5.81. The van der Waals surface area contributed by atoms with Crippen LogP contribution in [0.3, 0.4) is 0 Å². The van der Waals surface area contributed by atoms with E-state index < -0.39 is 0 Å². The fourth-order valence-corrected chi connectivity index (χ4v) is 2.89. The number of aryl methyl sites for hydroxylation is 1. The maximum atomic E-state index is 12.5. The zero-order chi connectivity index (χ0) is 21.0. The zero-order valence-electron chi connectivity index (χ0n) is 17.1. The number of hydrogen-bond donors (Lipinski definition) is 2.